The molecule has 1 amide bonds. The van der Waals surface area contributed by atoms with Crippen LogP contribution in [0, 0.1) is 0 Å². The Morgan fingerprint density at radius 1 is 1.70 bits per heavy atom. The predicted molar refractivity (Wildman–Crippen MR) is 43.0 cm³/mol. The lowest BCUT2D eigenvalue weighted by molar-refractivity contribution is -0.119. The summed E-state index contributed by atoms with van der Waals surface area (Å²) in [5, 5.41) is 2.54. The minimum Gasteiger partial charge on any atom is -0.353 e. The molecule has 4 nitrogen and oxygen atoms in total. The summed E-state index contributed by atoms with van der Waals surface area (Å²) in [4.78, 5) is 10.4. The summed E-state index contributed by atoms with van der Waals surface area (Å²) in [7, 11) is 0. The molecule has 0 aromatic heterocycles. The summed E-state index contributed by atoms with van der Waals surface area (Å²) in [6, 6.07) is 0.000463. The minimum atomic E-state index is -0.160. The van der Waals surface area contributed by atoms with Crippen LogP contribution in [0.3, 0.4) is 0 Å². The maximum Gasteiger partial charge on any atom is 0.233 e. The topological polar surface area (TPSA) is 81.1 Å². The third-order valence-electron chi connectivity index (χ3n) is 0.807. The van der Waals surface area contributed by atoms with Crippen LogP contribution in [0.2, 0.25) is 0 Å². The molecule has 5 heteroatoms. The number of hydrogen-bond donors (Lipinski definition) is 3. The summed E-state index contributed by atoms with van der Waals surface area (Å²) in [6.45, 7) is 2.35. The Kier molecular flexibility index (Phi) is 8.40. The van der Waals surface area contributed by atoms with Crippen molar-refractivity contribution in [2.24, 2.45) is 11.5 Å². The SMILES string of the molecule is CC(N)CNC(=O)CN.Cl. The van der Waals surface area contributed by atoms with Crippen LogP contribution in [-0.4, -0.2) is 25.0 Å². The molecular weight excluding hydrogens is 154 g/mol. The van der Waals surface area contributed by atoms with Crippen molar-refractivity contribution < 1.29 is 4.79 Å². The second-order valence-corrected chi connectivity index (χ2v) is 1.99. The molecule has 0 fully saturated rings. The average molecular weight is 168 g/mol. The second-order valence-electron chi connectivity index (χ2n) is 1.99. The van der Waals surface area contributed by atoms with Crippen LogP contribution >= 0.6 is 12.4 Å². The van der Waals surface area contributed by atoms with Gasteiger partial charge in [0.2, 0.25) is 5.91 Å². The molecule has 0 radical (unpaired) electrons. The smallest absolute Gasteiger partial charge is 0.233 e. The Balaban J connectivity index is 0. The number of nitrogens with one attached hydrogen (secondary N) is 1. The van der Waals surface area contributed by atoms with E-state index < -0.39 is 0 Å². The lowest BCUT2D eigenvalue weighted by Crippen LogP contribution is -2.38. The zero-order chi connectivity index (χ0) is 7.28. The first-order chi connectivity index (χ1) is 4.16. The van der Waals surface area contributed by atoms with E-state index in [2.05, 4.69) is 5.32 Å². The molecule has 0 aliphatic rings. The number of carbonyl (C=O) groups excluding carboxylic acids is 1. The molecule has 0 heterocycles. The van der Waals surface area contributed by atoms with Gasteiger partial charge in [-0.1, -0.05) is 0 Å². The van der Waals surface area contributed by atoms with Crippen LogP contribution in [0.15, 0.2) is 0 Å². The third-order valence-corrected chi connectivity index (χ3v) is 0.807. The van der Waals surface area contributed by atoms with Gasteiger partial charge in [0, 0.05) is 12.6 Å². The van der Waals surface area contributed by atoms with Gasteiger partial charge in [-0.25, -0.2) is 0 Å². The van der Waals surface area contributed by atoms with Crippen LogP contribution in [-0.2, 0) is 4.79 Å². The van der Waals surface area contributed by atoms with E-state index in [1.807, 2.05) is 6.92 Å². The molecule has 0 aliphatic heterocycles. The predicted octanol–water partition coefficient (Wildman–Crippen LogP) is -1.17. The highest BCUT2D eigenvalue weighted by Crippen LogP contribution is 1.68. The van der Waals surface area contributed by atoms with E-state index in [0.29, 0.717) is 6.54 Å². The van der Waals surface area contributed by atoms with E-state index in [4.69, 9.17) is 11.5 Å². The number of carbonyl (C=O) groups is 1. The molecule has 0 aromatic rings. The van der Waals surface area contributed by atoms with Crippen molar-refractivity contribution in [3.8, 4) is 0 Å². The standard InChI is InChI=1S/C5H13N3O.ClH/c1-4(7)3-8-5(9)2-6;/h4H,2-3,6-7H2,1H3,(H,8,9);1H. The van der Waals surface area contributed by atoms with Gasteiger partial charge in [0.1, 0.15) is 0 Å². The van der Waals surface area contributed by atoms with Gasteiger partial charge >= 0.3 is 0 Å². The van der Waals surface area contributed by atoms with E-state index in [1.165, 1.54) is 0 Å². The molecule has 0 rings (SSSR count). The molecule has 62 valence electrons. The van der Waals surface area contributed by atoms with E-state index in [-0.39, 0.29) is 30.9 Å². The van der Waals surface area contributed by atoms with Gasteiger partial charge in [-0.15, -0.1) is 12.4 Å². The van der Waals surface area contributed by atoms with Crippen molar-refractivity contribution in [2.45, 2.75) is 13.0 Å². The molecule has 0 saturated carbocycles. The fraction of sp³-hybridized carbons (Fsp3) is 0.800. The van der Waals surface area contributed by atoms with Crippen LogP contribution < -0.4 is 16.8 Å². The van der Waals surface area contributed by atoms with Crippen LogP contribution in [0.25, 0.3) is 0 Å². The third kappa shape index (κ3) is 7.68. The highest BCUT2D eigenvalue weighted by molar-refractivity contribution is 5.85. The summed E-state index contributed by atoms with van der Waals surface area (Å²) in [6.07, 6.45) is 0. The van der Waals surface area contributed by atoms with Crippen molar-refractivity contribution in [2.75, 3.05) is 13.1 Å². The molecule has 1 atom stereocenters. The van der Waals surface area contributed by atoms with Gasteiger partial charge in [0.25, 0.3) is 0 Å². The zero-order valence-electron chi connectivity index (χ0n) is 5.96. The first-order valence-electron chi connectivity index (χ1n) is 2.89. The minimum absolute atomic E-state index is 0. The van der Waals surface area contributed by atoms with Crippen molar-refractivity contribution >= 4 is 18.3 Å². The van der Waals surface area contributed by atoms with Crippen LogP contribution in [0.1, 0.15) is 6.92 Å². The maximum atomic E-state index is 10.4. The molecule has 0 spiro atoms. The van der Waals surface area contributed by atoms with Crippen molar-refractivity contribution in [3.05, 3.63) is 0 Å². The van der Waals surface area contributed by atoms with Gasteiger partial charge in [-0.05, 0) is 6.92 Å². The number of rotatable bonds is 3. The van der Waals surface area contributed by atoms with E-state index >= 15 is 0 Å². The molecule has 10 heavy (non-hydrogen) atoms. The van der Waals surface area contributed by atoms with Gasteiger partial charge < -0.3 is 16.8 Å². The second kappa shape index (κ2) is 6.80. The summed E-state index contributed by atoms with van der Waals surface area (Å²) < 4.78 is 0. The largest absolute Gasteiger partial charge is 0.353 e. The van der Waals surface area contributed by atoms with E-state index in [0.717, 1.165) is 0 Å². The van der Waals surface area contributed by atoms with Crippen LogP contribution in [0.4, 0.5) is 0 Å². The molecular formula is C5H14ClN3O. The molecule has 0 bridgehead atoms. The van der Waals surface area contributed by atoms with Crippen molar-refractivity contribution in [1.29, 1.82) is 0 Å². The number of hydrogen-bond acceptors (Lipinski definition) is 3. The first kappa shape index (κ1) is 12.4. The monoisotopic (exact) mass is 167 g/mol. The molecule has 0 aromatic carbocycles. The number of halogens is 1. The number of amides is 1. The normalized spacial score (nSPS) is 11.5. The van der Waals surface area contributed by atoms with Gasteiger partial charge in [0.15, 0.2) is 0 Å². The van der Waals surface area contributed by atoms with Crippen molar-refractivity contribution in [3.63, 3.8) is 0 Å². The first-order valence-corrected chi connectivity index (χ1v) is 2.89. The fourth-order valence-corrected chi connectivity index (χ4v) is 0.347. The molecule has 1 unspecified atom stereocenters. The van der Waals surface area contributed by atoms with Gasteiger partial charge in [-0.2, -0.15) is 0 Å². The Bertz CT molecular complexity index is 96.9. The summed E-state index contributed by atoms with van der Waals surface area (Å²) in [5.74, 6) is -0.160. The lowest BCUT2D eigenvalue weighted by atomic mass is 10.3. The Labute approximate surface area is 66.7 Å². The zero-order valence-corrected chi connectivity index (χ0v) is 6.78. The average Bonchev–Trinajstić information content (AvgIpc) is 1.83. The van der Waals surface area contributed by atoms with Gasteiger partial charge in [-0.3, -0.25) is 4.79 Å². The number of nitrogens with two attached hydrogens (primary N) is 2. The van der Waals surface area contributed by atoms with Crippen molar-refractivity contribution in [1.82, 2.24) is 5.32 Å². The summed E-state index contributed by atoms with van der Waals surface area (Å²) in [5.41, 5.74) is 10.3. The Morgan fingerprint density at radius 3 is 2.50 bits per heavy atom. The molecule has 0 aliphatic carbocycles. The Morgan fingerprint density at radius 2 is 2.20 bits per heavy atom. The van der Waals surface area contributed by atoms with E-state index in [1.54, 1.807) is 0 Å². The Hall–Kier alpha value is -0.320. The maximum absolute atomic E-state index is 10.4. The van der Waals surface area contributed by atoms with Crippen LogP contribution in [0.5, 0.6) is 0 Å². The highest BCUT2D eigenvalue weighted by Gasteiger charge is 1.96. The summed E-state index contributed by atoms with van der Waals surface area (Å²) >= 11 is 0. The quantitative estimate of drug-likeness (QED) is 0.496. The van der Waals surface area contributed by atoms with Gasteiger partial charge in [0.05, 0.1) is 6.54 Å². The molecule has 0 saturated heterocycles. The fourth-order valence-electron chi connectivity index (χ4n) is 0.347. The molecule has 5 N–H and O–H groups in total. The highest BCUT2D eigenvalue weighted by atomic mass is 35.5. The lowest BCUT2D eigenvalue weighted by Gasteiger charge is -2.04. The van der Waals surface area contributed by atoms with E-state index in [9.17, 15) is 4.79 Å².